The van der Waals surface area contributed by atoms with E-state index in [1.165, 1.54) is 20.3 Å². The van der Waals surface area contributed by atoms with Crippen LogP contribution in [0, 0.1) is 0 Å². The topological polar surface area (TPSA) is 47.9 Å². The number of halogens is 3. The molecule has 0 radical (unpaired) electrons. The Labute approximate surface area is 124 Å². The van der Waals surface area contributed by atoms with E-state index in [2.05, 4.69) is 4.74 Å². The molecule has 0 spiro atoms. The second-order valence-electron chi connectivity index (χ2n) is 4.33. The normalized spacial score (nSPS) is 11.1. The fraction of sp³-hybridized carbons (Fsp3) is 0.200. The lowest BCUT2D eigenvalue weighted by Gasteiger charge is -2.13. The summed E-state index contributed by atoms with van der Waals surface area (Å²) < 4.78 is 51.0. The highest BCUT2D eigenvalue weighted by Crippen LogP contribution is 2.37. The summed E-state index contributed by atoms with van der Waals surface area (Å²) >= 11 is 0. The van der Waals surface area contributed by atoms with Crippen LogP contribution in [-0.4, -0.2) is 25.7 Å². The Morgan fingerprint density at radius 2 is 1.45 bits per heavy atom. The summed E-state index contributed by atoms with van der Waals surface area (Å²) in [4.78, 5) is 0. The van der Waals surface area contributed by atoms with E-state index < -0.39 is 17.9 Å². The number of phenolic OH excluding ortho intramolecular Hbond substituents is 1. The first-order valence-electron chi connectivity index (χ1n) is 6.14. The molecule has 0 bridgehead atoms. The van der Waals surface area contributed by atoms with Gasteiger partial charge in [0.1, 0.15) is 11.5 Å². The zero-order valence-electron chi connectivity index (χ0n) is 11.8. The van der Waals surface area contributed by atoms with Gasteiger partial charge in [0.2, 0.25) is 0 Å². The number of rotatable bonds is 4. The molecule has 0 aliphatic rings. The van der Waals surface area contributed by atoms with Gasteiger partial charge >= 0.3 is 6.36 Å². The Bertz CT molecular complexity index is 646. The number of hydrogen-bond acceptors (Lipinski definition) is 4. The van der Waals surface area contributed by atoms with E-state index in [1.807, 2.05) is 0 Å². The van der Waals surface area contributed by atoms with Crippen molar-refractivity contribution in [2.45, 2.75) is 6.36 Å². The zero-order valence-corrected chi connectivity index (χ0v) is 11.8. The van der Waals surface area contributed by atoms with Crippen molar-refractivity contribution in [1.29, 1.82) is 0 Å². The van der Waals surface area contributed by atoms with Gasteiger partial charge in [-0.25, -0.2) is 0 Å². The summed E-state index contributed by atoms with van der Waals surface area (Å²) in [5, 5.41) is 9.47. The van der Waals surface area contributed by atoms with Gasteiger partial charge < -0.3 is 19.3 Å². The molecule has 0 amide bonds. The van der Waals surface area contributed by atoms with Crippen LogP contribution in [0.25, 0.3) is 11.1 Å². The molecular weight excluding hydrogens is 301 g/mol. The molecule has 118 valence electrons. The fourth-order valence-corrected chi connectivity index (χ4v) is 1.87. The Balaban J connectivity index is 2.47. The van der Waals surface area contributed by atoms with Gasteiger partial charge in [-0.1, -0.05) is 6.07 Å². The molecule has 1 N–H and O–H groups in total. The monoisotopic (exact) mass is 314 g/mol. The number of aromatic hydroxyl groups is 1. The average molecular weight is 314 g/mol. The minimum Gasteiger partial charge on any atom is -0.504 e. The molecule has 2 rings (SSSR count). The average Bonchev–Trinajstić information content (AvgIpc) is 2.47. The second kappa shape index (κ2) is 6.05. The third-order valence-corrected chi connectivity index (χ3v) is 2.87. The summed E-state index contributed by atoms with van der Waals surface area (Å²) in [5.74, 6) is -0.302. The van der Waals surface area contributed by atoms with Crippen LogP contribution >= 0.6 is 0 Å². The lowest BCUT2D eigenvalue weighted by molar-refractivity contribution is -0.275. The number of ether oxygens (including phenoxy) is 3. The lowest BCUT2D eigenvalue weighted by atomic mass is 10.0. The zero-order chi connectivity index (χ0) is 16.3. The van der Waals surface area contributed by atoms with Gasteiger partial charge in [0.05, 0.1) is 14.2 Å². The molecule has 22 heavy (non-hydrogen) atoms. The summed E-state index contributed by atoms with van der Waals surface area (Å²) in [5.41, 5.74) is 0.970. The molecule has 2 aromatic carbocycles. The van der Waals surface area contributed by atoms with Gasteiger partial charge in [0.15, 0.2) is 11.5 Å². The van der Waals surface area contributed by atoms with E-state index in [1.54, 1.807) is 18.2 Å². The molecule has 0 atom stereocenters. The molecule has 0 aliphatic carbocycles. The first-order chi connectivity index (χ1) is 10.3. The van der Waals surface area contributed by atoms with Gasteiger partial charge in [-0.05, 0) is 35.4 Å². The SMILES string of the molecule is COc1cc(OC)cc(-c2ccc(O)c(OC(F)(F)F)c2)c1. The van der Waals surface area contributed by atoms with Crippen molar-refractivity contribution < 1.29 is 32.5 Å². The maximum atomic E-state index is 12.3. The summed E-state index contributed by atoms with van der Waals surface area (Å²) in [7, 11) is 2.93. The van der Waals surface area contributed by atoms with E-state index in [4.69, 9.17) is 9.47 Å². The maximum Gasteiger partial charge on any atom is 0.573 e. The van der Waals surface area contributed by atoms with Gasteiger partial charge in [-0.15, -0.1) is 13.2 Å². The fourth-order valence-electron chi connectivity index (χ4n) is 1.87. The van der Waals surface area contributed by atoms with Gasteiger partial charge in [0.25, 0.3) is 0 Å². The van der Waals surface area contributed by atoms with E-state index in [9.17, 15) is 18.3 Å². The minimum atomic E-state index is -4.89. The van der Waals surface area contributed by atoms with Crippen LogP contribution in [0.3, 0.4) is 0 Å². The third-order valence-electron chi connectivity index (χ3n) is 2.87. The number of hydrogen-bond donors (Lipinski definition) is 1. The Hall–Kier alpha value is -2.57. The molecule has 0 heterocycles. The predicted octanol–water partition coefficient (Wildman–Crippen LogP) is 3.98. The molecule has 0 aromatic heterocycles. The molecule has 0 saturated heterocycles. The van der Waals surface area contributed by atoms with Crippen LogP contribution < -0.4 is 14.2 Å². The second-order valence-corrected chi connectivity index (χ2v) is 4.33. The summed E-state index contributed by atoms with van der Waals surface area (Å²) in [6, 6.07) is 8.59. The highest BCUT2D eigenvalue weighted by atomic mass is 19.4. The van der Waals surface area contributed by atoms with E-state index in [0.717, 1.165) is 12.1 Å². The van der Waals surface area contributed by atoms with Crippen LogP contribution in [-0.2, 0) is 0 Å². The van der Waals surface area contributed by atoms with Crippen molar-refractivity contribution >= 4 is 0 Å². The third kappa shape index (κ3) is 3.75. The van der Waals surface area contributed by atoms with Crippen molar-refractivity contribution in [2.75, 3.05) is 14.2 Å². The number of benzene rings is 2. The van der Waals surface area contributed by atoms with Crippen molar-refractivity contribution in [3.8, 4) is 34.1 Å². The quantitative estimate of drug-likeness (QED) is 0.927. The van der Waals surface area contributed by atoms with E-state index in [0.29, 0.717) is 22.6 Å². The Morgan fingerprint density at radius 1 is 0.864 bits per heavy atom. The largest absolute Gasteiger partial charge is 0.573 e. The van der Waals surface area contributed by atoms with E-state index in [-0.39, 0.29) is 0 Å². The Kier molecular flexibility index (Phi) is 4.35. The van der Waals surface area contributed by atoms with Gasteiger partial charge in [-0.3, -0.25) is 0 Å². The highest BCUT2D eigenvalue weighted by molar-refractivity contribution is 5.70. The molecule has 4 nitrogen and oxygen atoms in total. The molecule has 0 saturated carbocycles. The molecule has 7 heteroatoms. The lowest BCUT2D eigenvalue weighted by Crippen LogP contribution is -2.17. The van der Waals surface area contributed by atoms with Crippen molar-refractivity contribution in [3.05, 3.63) is 36.4 Å². The van der Waals surface area contributed by atoms with E-state index >= 15 is 0 Å². The van der Waals surface area contributed by atoms with Crippen molar-refractivity contribution in [1.82, 2.24) is 0 Å². The smallest absolute Gasteiger partial charge is 0.504 e. The number of alkyl halides is 3. The first-order valence-corrected chi connectivity index (χ1v) is 6.14. The first kappa shape index (κ1) is 15.8. The number of phenols is 1. The van der Waals surface area contributed by atoms with Crippen LogP contribution in [0.4, 0.5) is 13.2 Å². The maximum absolute atomic E-state index is 12.3. The summed E-state index contributed by atoms with van der Waals surface area (Å²) in [6.45, 7) is 0. The predicted molar refractivity (Wildman–Crippen MR) is 73.3 cm³/mol. The van der Waals surface area contributed by atoms with Gasteiger partial charge in [0, 0.05) is 6.07 Å². The van der Waals surface area contributed by atoms with Crippen LogP contribution in [0.15, 0.2) is 36.4 Å². The van der Waals surface area contributed by atoms with Crippen molar-refractivity contribution in [2.24, 2.45) is 0 Å². The van der Waals surface area contributed by atoms with Crippen LogP contribution in [0.5, 0.6) is 23.0 Å². The molecule has 0 aliphatic heterocycles. The highest BCUT2D eigenvalue weighted by Gasteiger charge is 2.32. The molecule has 2 aromatic rings. The molecule has 0 unspecified atom stereocenters. The van der Waals surface area contributed by atoms with Crippen LogP contribution in [0.1, 0.15) is 0 Å². The number of methoxy groups -OCH3 is 2. The van der Waals surface area contributed by atoms with Crippen molar-refractivity contribution in [3.63, 3.8) is 0 Å². The molecule has 0 fully saturated rings. The minimum absolute atomic E-state index is 0.411. The standard InChI is InChI=1S/C15H13F3O4/c1-20-11-5-10(6-12(8-11)21-2)9-3-4-13(19)14(7-9)22-15(16,17)18/h3-8,19H,1-2H3. The van der Waals surface area contributed by atoms with Gasteiger partial charge in [-0.2, -0.15) is 0 Å². The summed E-state index contributed by atoms with van der Waals surface area (Å²) in [6.07, 6.45) is -4.89. The van der Waals surface area contributed by atoms with Crippen LogP contribution in [0.2, 0.25) is 0 Å². The molecular formula is C15H13F3O4. The Morgan fingerprint density at radius 3 is 1.95 bits per heavy atom.